The number of morpholine rings is 1. The van der Waals surface area contributed by atoms with Crippen molar-refractivity contribution in [3.63, 3.8) is 0 Å². The topological polar surface area (TPSA) is 132 Å². The van der Waals surface area contributed by atoms with E-state index < -0.39 is 6.03 Å². The highest BCUT2D eigenvalue weighted by molar-refractivity contribution is 6.11. The second-order valence-corrected chi connectivity index (χ2v) is 8.42. The molecule has 9 heteroatoms. The molecule has 0 aliphatic carbocycles. The Morgan fingerprint density at radius 2 is 1.91 bits per heavy atom. The maximum atomic E-state index is 12.6. The van der Waals surface area contributed by atoms with Crippen molar-refractivity contribution in [1.82, 2.24) is 20.2 Å². The highest BCUT2D eigenvalue weighted by Crippen LogP contribution is 2.19. The third kappa shape index (κ3) is 5.16. The lowest BCUT2D eigenvalue weighted by Gasteiger charge is -2.26. The summed E-state index contributed by atoms with van der Waals surface area (Å²) in [6.45, 7) is 4.14. The number of carbonyl (C=O) groups is 1. The van der Waals surface area contributed by atoms with Gasteiger partial charge in [-0.3, -0.25) is 10.3 Å². The van der Waals surface area contributed by atoms with E-state index in [9.17, 15) is 4.79 Å². The first-order valence-electron chi connectivity index (χ1n) is 11.5. The van der Waals surface area contributed by atoms with Gasteiger partial charge in [0, 0.05) is 31.5 Å². The molecular weight excluding hydrogens is 442 g/mol. The number of aromatic nitrogens is 2. The van der Waals surface area contributed by atoms with E-state index in [1.807, 2.05) is 54.6 Å². The normalized spacial score (nSPS) is 14.8. The van der Waals surface area contributed by atoms with Crippen molar-refractivity contribution in [2.24, 2.45) is 5.73 Å². The van der Waals surface area contributed by atoms with Gasteiger partial charge in [-0.05, 0) is 40.6 Å². The molecule has 1 saturated heterocycles. The number of benzene rings is 3. The number of anilines is 1. The summed E-state index contributed by atoms with van der Waals surface area (Å²) in [7, 11) is 0. The summed E-state index contributed by atoms with van der Waals surface area (Å²) in [6.07, 6.45) is 1.19. The molecule has 1 fully saturated rings. The predicted molar refractivity (Wildman–Crippen MR) is 137 cm³/mol. The Morgan fingerprint density at radius 1 is 1.11 bits per heavy atom. The number of nitrogens with zero attached hydrogens (tertiary/aromatic N) is 2. The van der Waals surface area contributed by atoms with E-state index in [0.717, 1.165) is 60.2 Å². The standard InChI is InChI=1S/C26H27N7O2/c27-15-23(32-26(34)29-20-7-6-18-3-1-2-4-19(18)14-20)24(28)25-30-21-8-5-17(13-22(21)31-25)16-33-9-11-35-12-10-33/h1-8,13-15,28H,9-12,16,27H2,(H,30,31)(H2,29,32,34)/b23-15+,28-24?. The minimum absolute atomic E-state index is 0.00732. The highest BCUT2D eigenvalue weighted by Gasteiger charge is 2.16. The number of allylic oxidation sites excluding steroid dienone is 1. The number of nitrogens with two attached hydrogens (primary N) is 1. The number of aromatic amines is 1. The van der Waals surface area contributed by atoms with Crippen LogP contribution >= 0.6 is 0 Å². The zero-order valence-electron chi connectivity index (χ0n) is 19.2. The minimum atomic E-state index is -0.495. The molecule has 9 nitrogen and oxygen atoms in total. The van der Waals surface area contributed by atoms with Gasteiger partial charge in [-0.2, -0.15) is 0 Å². The van der Waals surface area contributed by atoms with Gasteiger partial charge in [-0.25, -0.2) is 9.78 Å². The van der Waals surface area contributed by atoms with E-state index in [4.69, 9.17) is 15.9 Å². The fraction of sp³-hybridized carbons (Fsp3) is 0.192. The summed E-state index contributed by atoms with van der Waals surface area (Å²) in [5, 5.41) is 16.1. The molecule has 6 N–H and O–H groups in total. The number of hydrogen-bond donors (Lipinski definition) is 5. The van der Waals surface area contributed by atoms with Crippen molar-refractivity contribution in [3.8, 4) is 0 Å². The molecule has 0 bridgehead atoms. The number of nitrogens with one attached hydrogen (secondary N) is 4. The van der Waals surface area contributed by atoms with Crippen molar-refractivity contribution >= 4 is 39.2 Å². The average molecular weight is 470 g/mol. The quantitative estimate of drug-likeness (QED) is 0.276. The van der Waals surface area contributed by atoms with Crippen LogP contribution in [0.3, 0.4) is 0 Å². The monoisotopic (exact) mass is 469 g/mol. The molecule has 0 unspecified atom stereocenters. The van der Waals surface area contributed by atoms with E-state index in [-0.39, 0.29) is 11.4 Å². The molecule has 3 aromatic carbocycles. The molecule has 178 valence electrons. The Morgan fingerprint density at radius 3 is 2.71 bits per heavy atom. The van der Waals surface area contributed by atoms with Gasteiger partial charge in [-0.15, -0.1) is 0 Å². The average Bonchev–Trinajstić information content (AvgIpc) is 3.31. The second-order valence-electron chi connectivity index (χ2n) is 8.42. The number of urea groups is 1. The smallest absolute Gasteiger partial charge is 0.323 e. The minimum Gasteiger partial charge on any atom is -0.403 e. The predicted octanol–water partition coefficient (Wildman–Crippen LogP) is 3.54. The summed E-state index contributed by atoms with van der Waals surface area (Å²) in [6, 6.07) is 19.1. The third-order valence-electron chi connectivity index (χ3n) is 5.99. The Hall–Kier alpha value is -4.21. The van der Waals surface area contributed by atoms with Crippen LogP contribution in [0.2, 0.25) is 0 Å². The molecule has 2 heterocycles. The van der Waals surface area contributed by atoms with Crippen molar-refractivity contribution in [3.05, 3.63) is 83.9 Å². The number of fused-ring (bicyclic) bond motifs is 2. The molecule has 1 aromatic heterocycles. The van der Waals surface area contributed by atoms with Crippen LogP contribution in [0.5, 0.6) is 0 Å². The molecule has 1 aliphatic heterocycles. The molecule has 1 aliphatic rings. The van der Waals surface area contributed by atoms with Crippen molar-refractivity contribution < 1.29 is 9.53 Å². The summed E-state index contributed by atoms with van der Waals surface area (Å²) in [5.41, 5.74) is 9.24. The number of rotatable bonds is 6. The first-order valence-corrected chi connectivity index (χ1v) is 11.5. The Kier molecular flexibility index (Phi) is 6.42. The molecule has 0 saturated carbocycles. The van der Waals surface area contributed by atoms with E-state index in [2.05, 4.69) is 31.6 Å². The zero-order chi connectivity index (χ0) is 24.2. The SMILES string of the molecule is N=C(/C(=C\N)NC(=O)Nc1ccc2ccccc2c1)c1nc2cc(CN3CCOCC3)ccc2[nH]1. The summed E-state index contributed by atoms with van der Waals surface area (Å²) in [5.74, 6) is 0.325. The van der Waals surface area contributed by atoms with Crippen LogP contribution in [0.25, 0.3) is 21.8 Å². The number of carbonyl (C=O) groups excluding carboxylic acids is 1. The number of H-pyrrole nitrogens is 1. The van der Waals surface area contributed by atoms with Gasteiger partial charge in [0.05, 0.1) is 29.9 Å². The number of ether oxygens (including phenoxy) is 1. The van der Waals surface area contributed by atoms with Gasteiger partial charge in [0.1, 0.15) is 5.71 Å². The van der Waals surface area contributed by atoms with Crippen molar-refractivity contribution in [2.75, 3.05) is 31.6 Å². The van der Waals surface area contributed by atoms with Gasteiger partial charge in [0.25, 0.3) is 0 Å². The van der Waals surface area contributed by atoms with E-state index in [0.29, 0.717) is 11.5 Å². The first kappa shape index (κ1) is 22.6. The van der Waals surface area contributed by atoms with Gasteiger partial charge in [0.15, 0.2) is 5.82 Å². The fourth-order valence-electron chi connectivity index (χ4n) is 4.15. The lowest BCUT2D eigenvalue weighted by atomic mass is 10.1. The number of hydrogen-bond acceptors (Lipinski definition) is 6. The number of imidazole rings is 1. The number of amides is 2. The molecule has 4 aromatic rings. The molecule has 0 spiro atoms. The molecule has 2 amide bonds. The Bertz CT molecular complexity index is 1420. The van der Waals surface area contributed by atoms with Crippen molar-refractivity contribution in [1.29, 1.82) is 5.41 Å². The third-order valence-corrected chi connectivity index (χ3v) is 5.99. The van der Waals surface area contributed by atoms with Gasteiger partial charge < -0.3 is 26.1 Å². The van der Waals surface area contributed by atoms with Crippen LogP contribution in [0.1, 0.15) is 11.4 Å². The van der Waals surface area contributed by atoms with Gasteiger partial charge in [0.2, 0.25) is 0 Å². The van der Waals surface area contributed by atoms with Crippen LogP contribution in [-0.4, -0.2) is 52.9 Å². The van der Waals surface area contributed by atoms with Crippen LogP contribution in [-0.2, 0) is 11.3 Å². The van der Waals surface area contributed by atoms with E-state index >= 15 is 0 Å². The molecule has 0 atom stereocenters. The maximum Gasteiger partial charge on any atom is 0.323 e. The lowest BCUT2D eigenvalue weighted by Crippen LogP contribution is -2.35. The van der Waals surface area contributed by atoms with Gasteiger partial charge in [-0.1, -0.05) is 36.4 Å². The molecule has 35 heavy (non-hydrogen) atoms. The van der Waals surface area contributed by atoms with E-state index in [1.165, 1.54) is 6.20 Å². The summed E-state index contributed by atoms with van der Waals surface area (Å²) < 4.78 is 5.42. The Labute approximate surface area is 202 Å². The van der Waals surface area contributed by atoms with Crippen LogP contribution in [0.4, 0.5) is 10.5 Å². The summed E-state index contributed by atoms with van der Waals surface area (Å²) >= 11 is 0. The molecule has 0 radical (unpaired) electrons. The zero-order valence-corrected chi connectivity index (χ0v) is 19.2. The lowest BCUT2D eigenvalue weighted by molar-refractivity contribution is 0.0342. The maximum absolute atomic E-state index is 12.6. The Balaban J connectivity index is 1.26. The van der Waals surface area contributed by atoms with Crippen LogP contribution in [0, 0.1) is 5.41 Å². The van der Waals surface area contributed by atoms with E-state index in [1.54, 1.807) is 0 Å². The fourth-order valence-corrected chi connectivity index (χ4v) is 4.15. The van der Waals surface area contributed by atoms with Crippen molar-refractivity contribution in [2.45, 2.75) is 6.54 Å². The van der Waals surface area contributed by atoms with Gasteiger partial charge >= 0.3 is 6.03 Å². The molecule has 5 rings (SSSR count). The van der Waals surface area contributed by atoms with Crippen LogP contribution < -0.4 is 16.4 Å². The first-order chi connectivity index (χ1) is 17.1. The highest BCUT2D eigenvalue weighted by atomic mass is 16.5. The largest absolute Gasteiger partial charge is 0.403 e. The summed E-state index contributed by atoms with van der Waals surface area (Å²) in [4.78, 5) is 22.7. The molecular formula is C26H27N7O2. The van der Waals surface area contributed by atoms with Crippen LogP contribution in [0.15, 0.2) is 72.6 Å². The second kappa shape index (κ2) is 9.96.